The molecule has 1 fully saturated rings. The number of benzene rings is 1. The Hall–Kier alpha value is -2.51. The number of hydrogen-bond donors (Lipinski definition) is 1. The number of hydrogen-bond acceptors (Lipinski definition) is 5. The Labute approximate surface area is 107 Å². The van der Waals surface area contributed by atoms with Gasteiger partial charge in [0.25, 0.3) is 0 Å². The van der Waals surface area contributed by atoms with Crippen molar-refractivity contribution in [2.75, 3.05) is 5.73 Å². The number of nitro groups is 1. The lowest BCUT2D eigenvalue weighted by Crippen LogP contribution is -2.04. The van der Waals surface area contributed by atoms with Crippen molar-refractivity contribution in [1.29, 1.82) is 0 Å². The molecular weight excluding hydrogens is 253 g/mol. The summed E-state index contributed by atoms with van der Waals surface area (Å²) in [6.07, 6.45) is 1.97. The quantitative estimate of drug-likeness (QED) is 0.672. The van der Waals surface area contributed by atoms with Gasteiger partial charge in [-0.05, 0) is 25.0 Å². The summed E-state index contributed by atoms with van der Waals surface area (Å²) in [5.74, 6) is -0.289. The first-order valence-electron chi connectivity index (χ1n) is 5.73. The molecule has 1 heterocycles. The van der Waals surface area contributed by atoms with Crippen LogP contribution in [-0.4, -0.2) is 19.9 Å². The topological polar surface area (TPSA) is 99.9 Å². The number of halogens is 1. The largest absolute Gasteiger partial charge is 0.381 e. The van der Waals surface area contributed by atoms with E-state index in [-0.39, 0.29) is 5.92 Å². The highest BCUT2D eigenvalue weighted by Crippen LogP contribution is 2.42. The SMILES string of the molecule is Nc1nnn(-c2ccc(F)c([N+](=O)[O-])c2)c1C1CC1. The molecule has 0 amide bonds. The Morgan fingerprint density at radius 3 is 2.84 bits per heavy atom. The second-order valence-electron chi connectivity index (χ2n) is 4.44. The van der Waals surface area contributed by atoms with Crippen LogP contribution >= 0.6 is 0 Å². The molecule has 2 N–H and O–H groups in total. The van der Waals surface area contributed by atoms with E-state index in [9.17, 15) is 14.5 Å². The standard InChI is InChI=1S/C11H10FN5O2/c12-8-4-3-7(5-9(8)17(18)19)16-10(6-1-2-6)11(13)14-15-16/h3-6H,1-2,13H2. The summed E-state index contributed by atoms with van der Waals surface area (Å²) >= 11 is 0. The molecule has 0 saturated heterocycles. The number of aromatic nitrogens is 3. The molecule has 0 bridgehead atoms. The van der Waals surface area contributed by atoms with Gasteiger partial charge in [0.15, 0.2) is 5.82 Å². The first-order valence-corrected chi connectivity index (χ1v) is 5.73. The number of nitrogen functional groups attached to an aromatic ring is 1. The fourth-order valence-corrected chi connectivity index (χ4v) is 2.00. The fourth-order valence-electron chi connectivity index (χ4n) is 2.00. The maximum atomic E-state index is 13.3. The summed E-state index contributed by atoms with van der Waals surface area (Å²) < 4.78 is 14.7. The minimum absolute atomic E-state index is 0.277. The van der Waals surface area contributed by atoms with E-state index in [1.54, 1.807) is 0 Å². The van der Waals surface area contributed by atoms with E-state index in [2.05, 4.69) is 10.3 Å². The summed E-state index contributed by atoms with van der Waals surface area (Å²) in [6, 6.07) is 3.60. The third-order valence-corrected chi connectivity index (χ3v) is 3.07. The molecule has 1 aromatic heterocycles. The molecule has 98 valence electrons. The fraction of sp³-hybridized carbons (Fsp3) is 0.273. The minimum Gasteiger partial charge on any atom is -0.381 e. The van der Waals surface area contributed by atoms with Crippen molar-refractivity contribution < 1.29 is 9.31 Å². The van der Waals surface area contributed by atoms with Gasteiger partial charge >= 0.3 is 5.69 Å². The predicted octanol–water partition coefficient (Wildman–Crippen LogP) is 1.77. The van der Waals surface area contributed by atoms with Crippen molar-refractivity contribution in [2.24, 2.45) is 0 Å². The van der Waals surface area contributed by atoms with Gasteiger partial charge in [-0.1, -0.05) is 5.21 Å². The van der Waals surface area contributed by atoms with E-state index in [1.807, 2.05) is 0 Å². The molecule has 1 aliphatic carbocycles. The lowest BCUT2D eigenvalue weighted by molar-refractivity contribution is -0.387. The minimum atomic E-state index is -0.880. The summed E-state index contributed by atoms with van der Waals surface area (Å²) in [6.45, 7) is 0. The number of nitro benzene ring substituents is 1. The summed E-state index contributed by atoms with van der Waals surface area (Å²) in [7, 11) is 0. The van der Waals surface area contributed by atoms with Crippen LogP contribution in [0.15, 0.2) is 18.2 Å². The second-order valence-corrected chi connectivity index (χ2v) is 4.44. The molecule has 2 aromatic rings. The molecule has 19 heavy (non-hydrogen) atoms. The highest BCUT2D eigenvalue weighted by atomic mass is 19.1. The van der Waals surface area contributed by atoms with E-state index in [1.165, 1.54) is 10.7 Å². The zero-order valence-corrected chi connectivity index (χ0v) is 9.78. The van der Waals surface area contributed by atoms with Crippen LogP contribution < -0.4 is 5.73 Å². The number of rotatable bonds is 3. The lowest BCUT2D eigenvalue weighted by atomic mass is 10.2. The van der Waals surface area contributed by atoms with Crippen LogP contribution in [-0.2, 0) is 0 Å². The Kier molecular flexibility index (Phi) is 2.44. The Morgan fingerprint density at radius 1 is 1.47 bits per heavy atom. The van der Waals surface area contributed by atoms with Gasteiger partial charge in [0.05, 0.1) is 16.3 Å². The van der Waals surface area contributed by atoms with Gasteiger partial charge in [-0.15, -0.1) is 5.10 Å². The lowest BCUT2D eigenvalue weighted by Gasteiger charge is -2.05. The maximum Gasteiger partial charge on any atom is 0.306 e. The Balaban J connectivity index is 2.12. The van der Waals surface area contributed by atoms with Gasteiger partial charge in [-0.2, -0.15) is 4.39 Å². The zero-order valence-electron chi connectivity index (χ0n) is 9.78. The molecule has 1 saturated carbocycles. The molecule has 0 radical (unpaired) electrons. The number of nitrogens with two attached hydrogens (primary N) is 1. The Bertz CT molecular complexity index is 665. The van der Waals surface area contributed by atoms with Gasteiger partial charge in [-0.3, -0.25) is 10.1 Å². The molecule has 7 nitrogen and oxygen atoms in total. The molecule has 0 spiro atoms. The molecule has 1 aromatic carbocycles. The van der Waals surface area contributed by atoms with Crippen LogP contribution in [0.5, 0.6) is 0 Å². The first-order chi connectivity index (χ1) is 9.08. The van der Waals surface area contributed by atoms with Crippen LogP contribution in [0.1, 0.15) is 24.5 Å². The van der Waals surface area contributed by atoms with E-state index >= 15 is 0 Å². The van der Waals surface area contributed by atoms with Gasteiger partial charge in [0, 0.05) is 12.0 Å². The van der Waals surface area contributed by atoms with Crippen molar-refractivity contribution in [2.45, 2.75) is 18.8 Å². The van der Waals surface area contributed by atoms with Crippen molar-refractivity contribution in [3.8, 4) is 5.69 Å². The zero-order chi connectivity index (χ0) is 13.6. The first kappa shape index (κ1) is 11.6. The predicted molar refractivity (Wildman–Crippen MR) is 64.4 cm³/mol. The number of anilines is 1. The van der Waals surface area contributed by atoms with Gasteiger partial charge < -0.3 is 5.73 Å². The van der Waals surface area contributed by atoms with Gasteiger partial charge in [0.2, 0.25) is 5.82 Å². The molecule has 8 heteroatoms. The smallest absolute Gasteiger partial charge is 0.306 e. The van der Waals surface area contributed by atoms with E-state index < -0.39 is 16.4 Å². The van der Waals surface area contributed by atoms with Crippen LogP contribution in [0.25, 0.3) is 5.69 Å². The van der Waals surface area contributed by atoms with Crippen molar-refractivity contribution >= 4 is 11.5 Å². The maximum absolute atomic E-state index is 13.3. The van der Waals surface area contributed by atoms with Crippen molar-refractivity contribution in [3.05, 3.63) is 39.8 Å². The van der Waals surface area contributed by atoms with E-state index in [0.717, 1.165) is 30.7 Å². The van der Waals surface area contributed by atoms with Gasteiger partial charge in [0.1, 0.15) is 0 Å². The third kappa shape index (κ3) is 1.90. The highest BCUT2D eigenvalue weighted by molar-refractivity contribution is 5.48. The van der Waals surface area contributed by atoms with Crippen LogP contribution in [0.4, 0.5) is 15.9 Å². The summed E-state index contributed by atoms with van der Waals surface area (Å²) in [5, 5.41) is 18.4. The molecule has 3 rings (SSSR count). The molecule has 0 atom stereocenters. The molecule has 0 unspecified atom stereocenters. The van der Waals surface area contributed by atoms with Crippen LogP contribution in [0, 0.1) is 15.9 Å². The highest BCUT2D eigenvalue weighted by Gasteiger charge is 2.31. The second kappa shape index (κ2) is 4.01. The van der Waals surface area contributed by atoms with E-state index in [4.69, 9.17) is 5.73 Å². The Morgan fingerprint density at radius 2 is 2.21 bits per heavy atom. The number of nitrogens with zero attached hydrogens (tertiary/aromatic N) is 4. The monoisotopic (exact) mass is 263 g/mol. The van der Waals surface area contributed by atoms with Crippen molar-refractivity contribution in [3.63, 3.8) is 0 Å². The summed E-state index contributed by atoms with van der Waals surface area (Å²) in [5.41, 5.74) is 6.28. The van der Waals surface area contributed by atoms with Crippen LogP contribution in [0.3, 0.4) is 0 Å². The molecule has 1 aliphatic rings. The van der Waals surface area contributed by atoms with Crippen molar-refractivity contribution in [1.82, 2.24) is 15.0 Å². The van der Waals surface area contributed by atoms with Gasteiger partial charge in [-0.25, -0.2) is 4.68 Å². The third-order valence-electron chi connectivity index (χ3n) is 3.07. The molecular formula is C11H10FN5O2. The molecule has 0 aliphatic heterocycles. The van der Waals surface area contributed by atoms with E-state index in [0.29, 0.717) is 11.5 Å². The normalized spacial score (nSPS) is 14.6. The average molecular weight is 263 g/mol. The van der Waals surface area contributed by atoms with Crippen LogP contribution in [0.2, 0.25) is 0 Å². The summed E-state index contributed by atoms with van der Waals surface area (Å²) in [4.78, 5) is 9.97. The average Bonchev–Trinajstić information content (AvgIpc) is 3.13.